The largest absolute Gasteiger partial charge is 0.493 e. The Morgan fingerprint density at radius 2 is 2.00 bits per heavy atom. The van der Waals surface area contributed by atoms with E-state index in [0.717, 1.165) is 18.9 Å². The van der Waals surface area contributed by atoms with Gasteiger partial charge in [0.15, 0.2) is 0 Å². The van der Waals surface area contributed by atoms with Crippen molar-refractivity contribution in [1.82, 2.24) is 5.32 Å². The molecule has 0 fully saturated rings. The van der Waals surface area contributed by atoms with Gasteiger partial charge in [-0.15, -0.1) is 0 Å². The molecule has 2 aromatic carbocycles. The Morgan fingerprint density at radius 3 is 2.76 bits per heavy atom. The van der Waals surface area contributed by atoms with Gasteiger partial charge in [-0.25, -0.2) is 0 Å². The van der Waals surface area contributed by atoms with Crippen molar-refractivity contribution in [1.29, 1.82) is 5.26 Å². The van der Waals surface area contributed by atoms with Crippen molar-refractivity contribution >= 4 is 0 Å². The summed E-state index contributed by atoms with van der Waals surface area (Å²) in [5.41, 5.74) is 3.18. The fraction of sp³-hybridized carbons (Fsp3) is 0.278. The first-order valence-corrected chi connectivity index (χ1v) is 7.23. The first kappa shape index (κ1) is 13.7. The fourth-order valence-electron chi connectivity index (χ4n) is 2.68. The Balaban J connectivity index is 1.61. The first-order chi connectivity index (χ1) is 10.3. The quantitative estimate of drug-likeness (QED) is 0.932. The number of hydrogen-bond acceptors (Lipinski definition) is 3. The minimum atomic E-state index is 0.255. The van der Waals surface area contributed by atoms with E-state index >= 15 is 0 Å². The second kappa shape index (κ2) is 5.99. The van der Waals surface area contributed by atoms with E-state index < -0.39 is 0 Å². The predicted octanol–water partition coefficient (Wildman–Crippen LogP) is 3.39. The Labute approximate surface area is 125 Å². The van der Waals surface area contributed by atoms with Crippen molar-refractivity contribution in [2.45, 2.75) is 18.9 Å². The maximum absolute atomic E-state index is 8.83. The zero-order valence-electron chi connectivity index (χ0n) is 12.0. The minimum absolute atomic E-state index is 0.255. The lowest BCUT2D eigenvalue weighted by Gasteiger charge is -2.17. The zero-order chi connectivity index (χ0) is 14.7. The summed E-state index contributed by atoms with van der Waals surface area (Å²) in [4.78, 5) is 0. The summed E-state index contributed by atoms with van der Waals surface area (Å²) in [6.45, 7) is 3.77. The molecule has 1 aliphatic heterocycles. The number of para-hydroxylation sites is 1. The number of nitrogens with one attached hydrogen (secondary N) is 1. The van der Waals surface area contributed by atoms with Crippen molar-refractivity contribution in [3.05, 3.63) is 65.2 Å². The van der Waals surface area contributed by atoms with Crippen LogP contribution in [0.3, 0.4) is 0 Å². The molecule has 0 amide bonds. The van der Waals surface area contributed by atoms with Gasteiger partial charge in [-0.3, -0.25) is 0 Å². The first-order valence-electron chi connectivity index (χ1n) is 7.23. The van der Waals surface area contributed by atoms with E-state index in [1.165, 1.54) is 11.1 Å². The Kier molecular flexibility index (Phi) is 3.89. The van der Waals surface area contributed by atoms with Crippen LogP contribution in [0.25, 0.3) is 0 Å². The van der Waals surface area contributed by atoms with Crippen LogP contribution in [0.15, 0.2) is 48.5 Å². The molecule has 1 N–H and O–H groups in total. The Hall–Kier alpha value is -2.31. The second-order valence-electron chi connectivity index (χ2n) is 5.41. The molecule has 2 atom stereocenters. The van der Waals surface area contributed by atoms with Crippen LogP contribution in [0.1, 0.15) is 35.6 Å². The molecule has 1 heterocycles. The molecular formula is C18H18N2O. The van der Waals surface area contributed by atoms with Crippen LogP contribution in [0.4, 0.5) is 0 Å². The van der Waals surface area contributed by atoms with Gasteiger partial charge in [0.05, 0.1) is 18.2 Å². The summed E-state index contributed by atoms with van der Waals surface area (Å²) < 4.78 is 5.70. The number of hydrogen-bond donors (Lipinski definition) is 1. The smallest absolute Gasteiger partial charge is 0.122 e. The van der Waals surface area contributed by atoms with Gasteiger partial charge in [0.2, 0.25) is 0 Å². The molecule has 3 heteroatoms. The maximum atomic E-state index is 8.83. The number of ether oxygens (including phenoxy) is 1. The van der Waals surface area contributed by atoms with E-state index in [2.05, 4.69) is 30.4 Å². The van der Waals surface area contributed by atoms with Crippen LogP contribution in [0, 0.1) is 11.3 Å². The number of fused-ring (bicyclic) bond motifs is 1. The molecule has 0 bridgehead atoms. The van der Waals surface area contributed by atoms with Gasteiger partial charge in [-0.2, -0.15) is 5.26 Å². The molecule has 0 radical (unpaired) electrons. The molecule has 3 rings (SSSR count). The molecule has 3 nitrogen and oxygen atoms in total. The molecule has 0 saturated carbocycles. The highest BCUT2D eigenvalue weighted by Crippen LogP contribution is 2.33. The molecule has 1 aliphatic rings. The fourth-order valence-corrected chi connectivity index (χ4v) is 2.68. The van der Waals surface area contributed by atoms with Gasteiger partial charge in [0.1, 0.15) is 5.75 Å². The zero-order valence-corrected chi connectivity index (χ0v) is 12.0. The third-order valence-electron chi connectivity index (χ3n) is 4.01. The summed E-state index contributed by atoms with van der Waals surface area (Å²) in [5.74, 6) is 1.41. The summed E-state index contributed by atoms with van der Waals surface area (Å²) in [6, 6.07) is 18.4. The molecule has 0 aromatic heterocycles. The Morgan fingerprint density at radius 1 is 1.24 bits per heavy atom. The number of nitriles is 1. The highest BCUT2D eigenvalue weighted by atomic mass is 16.5. The van der Waals surface area contributed by atoms with Crippen molar-refractivity contribution in [2.75, 3.05) is 13.2 Å². The van der Waals surface area contributed by atoms with Crippen molar-refractivity contribution in [3.63, 3.8) is 0 Å². The highest BCUT2D eigenvalue weighted by molar-refractivity contribution is 5.40. The molecule has 106 valence electrons. The van der Waals surface area contributed by atoms with Gasteiger partial charge in [0, 0.05) is 24.1 Å². The maximum Gasteiger partial charge on any atom is 0.122 e. The Bertz CT molecular complexity index is 658. The topological polar surface area (TPSA) is 45.0 Å². The average molecular weight is 278 g/mol. The average Bonchev–Trinajstić information content (AvgIpc) is 2.96. The van der Waals surface area contributed by atoms with Crippen LogP contribution in [0.5, 0.6) is 5.75 Å². The number of nitrogens with zero attached hydrogens (tertiary/aromatic N) is 1. The lowest BCUT2D eigenvalue weighted by molar-refractivity contribution is 0.323. The SMILES string of the molecule is CC(NCC1COc2ccccc21)c1ccc(C#N)cc1. The monoisotopic (exact) mass is 278 g/mol. The highest BCUT2D eigenvalue weighted by Gasteiger charge is 2.23. The molecule has 0 spiro atoms. The normalized spacial score (nSPS) is 17.6. The molecule has 0 saturated heterocycles. The van der Waals surface area contributed by atoms with Crippen LogP contribution >= 0.6 is 0 Å². The van der Waals surface area contributed by atoms with E-state index in [0.29, 0.717) is 11.5 Å². The van der Waals surface area contributed by atoms with Crippen molar-refractivity contribution in [2.24, 2.45) is 0 Å². The van der Waals surface area contributed by atoms with Gasteiger partial charge < -0.3 is 10.1 Å². The van der Waals surface area contributed by atoms with Crippen LogP contribution < -0.4 is 10.1 Å². The van der Waals surface area contributed by atoms with Crippen LogP contribution in [-0.4, -0.2) is 13.2 Å². The second-order valence-corrected chi connectivity index (χ2v) is 5.41. The van der Waals surface area contributed by atoms with Gasteiger partial charge in [-0.1, -0.05) is 30.3 Å². The molecular weight excluding hydrogens is 260 g/mol. The third-order valence-corrected chi connectivity index (χ3v) is 4.01. The summed E-state index contributed by atoms with van der Waals surface area (Å²) in [5, 5.41) is 12.4. The van der Waals surface area contributed by atoms with Crippen molar-refractivity contribution < 1.29 is 4.74 Å². The van der Waals surface area contributed by atoms with E-state index in [1.54, 1.807) is 0 Å². The summed E-state index contributed by atoms with van der Waals surface area (Å²) in [7, 11) is 0. The minimum Gasteiger partial charge on any atom is -0.493 e. The molecule has 2 unspecified atom stereocenters. The molecule has 0 aliphatic carbocycles. The van der Waals surface area contributed by atoms with Crippen LogP contribution in [0.2, 0.25) is 0 Å². The van der Waals surface area contributed by atoms with Gasteiger partial charge in [-0.05, 0) is 30.7 Å². The van der Waals surface area contributed by atoms with E-state index in [4.69, 9.17) is 10.00 Å². The van der Waals surface area contributed by atoms with Crippen molar-refractivity contribution in [3.8, 4) is 11.8 Å². The van der Waals surface area contributed by atoms with E-state index in [-0.39, 0.29) is 6.04 Å². The summed E-state index contributed by atoms with van der Waals surface area (Å²) in [6.07, 6.45) is 0. The molecule has 2 aromatic rings. The standard InChI is InChI=1S/C18H18N2O/c1-13(15-8-6-14(10-19)7-9-15)20-11-16-12-21-18-5-3-2-4-17(16)18/h2-9,13,16,20H,11-12H2,1H3. The predicted molar refractivity (Wildman–Crippen MR) is 82.3 cm³/mol. The lowest BCUT2D eigenvalue weighted by atomic mass is 10.00. The number of rotatable bonds is 4. The van der Waals surface area contributed by atoms with E-state index in [1.807, 2.05) is 36.4 Å². The van der Waals surface area contributed by atoms with Gasteiger partial charge in [0.25, 0.3) is 0 Å². The number of benzene rings is 2. The van der Waals surface area contributed by atoms with Gasteiger partial charge >= 0.3 is 0 Å². The summed E-state index contributed by atoms with van der Waals surface area (Å²) >= 11 is 0. The van der Waals surface area contributed by atoms with E-state index in [9.17, 15) is 0 Å². The third kappa shape index (κ3) is 2.91. The molecule has 21 heavy (non-hydrogen) atoms. The lowest BCUT2D eigenvalue weighted by Crippen LogP contribution is -2.25. The van der Waals surface area contributed by atoms with Crippen LogP contribution in [-0.2, 0) is 0 Å².